The van der Waals surface area contributed by atoms with Crippen molar-refractivity contribution < 1.29 is 9.59 Å². The van der Waals surface area contributed by atoms with Gasteiger partial charge in [0.15, 0.2) is 0 Å². The molecule has 1 aliphatic heterocycles. The van der Waals surface area contributed by atoms with Crippen molar-refractivity contribution in [2.24, 2.45) is 5.92 Å². The molecule has 2 heterocycles. The zero-order valence-corrected chi connectivity index (χ0v) is 14.9. The van der Waals surface area contributed by atoms with Crippen LogP contribution in [0.2, 0.25) is 0 Å². The Bertz CT molecular complexity index is 508. The second-order valence-electron chi connectivity index (χ2n) is 5.77. The first kappa shape index (κ1) is 16.5. The van der Waals surface area contributed by atoms with E-state index in [4.69, 9.17) is 0 Å². The molecule has 0 aromatic carbocycles. The van der Waals surface area contributed by atoms with E-state index in [0.29, 0.717) is 44.9 Å². The van der Waals surface area contributed by atoms with Crippen LogP contribution in [0.1, 0.15) is 25.1 Å². The Kier molecular flexibility index (Phi) is 5.81. The number of thiophene rings is 1. The number of hydrogen-bond acceptors (Lipinski definition) is 3. The summed E-state index contributed by atoms with van der Waals surface area (Å²) in [5.74, 6) is 0.744. The molecule has 0 aliphatic carbocycles. The molecule has 2 amide bonds. The number of carbonyl (C=O) groups excluding carboxylic acids is 2. The lowest BCUT2D eigenvalue weighted by Crippen LogP contribution is -2.51. The summed E-state index contributed by atoms with van der Waals surface area (Å²) >= 11 is 5.00. The third kappa shape index (κ3) is 4.81. The van der Waals surface area contributed by atoms with Crippen LogP contribution in [0.25, 0.3) is 0 Å². The topological polar surface area (TPSA) is 40.6 Å². The Morgan fingerprint density at radius 3 is 2.24 bits per heavy atom. The Hall–Kier alpha value is -0.880. The van der Waals surface area contributed by atoms with Crippen LogP contribution in [-0.4, -0.2) is 47.8 Å². The van der Waals surface area contributed by atoms with Crippen molar-refractivity contribution in [2.45, 2.75) is 26.7 Å². The van der Waals surface area contributed by atoms with Gasteiger partial charge in [-0.15, -0.1) is 11.3 Å². The molecule has 6 heteroatoms. The summed E-state index contributed by atoms with van der Waals surface area (Å²) in [6, 6.07) is 1.99. The Morgan fingerprint density at radius 1 is 1.19 bits per heavy atom. The molecule has 0 saturated carbocycles. The Balaban J connectivity index is 1.80. The molecule has 1 saturated heterocycles. The van der Waals surface area contributed by atoms with Gasteiger partial charge in [0, 0.05) is 47.3 Å². The number of nitrogens with zero attached hydrogens (tertiary/aromatic N) is 2. The van der Waals surface area contributed by atoms with Gasteiger partial charge in [0.2, 0.25) is 11.8 Å². The molecule has 21 heavy (non-hydrogen) atoms. The largest absolute Gasteiger partial charge is 0.339 e. The highest BCUT2D eigenvalue weighted by Crippen LogP contribution is 2.21. The third-order valence-corrected chi connectivity index (χ3v) is 5.21. The van der Waals surface area contributed by atoms with Gasteiger partial charge in [0.25, 0.3) is 0 Å². The highest BCUT2D eigenvalue weighted by Gasteiger charge is 2.24. The van der Waals surface area contributed by atoms with Gasteiger partial charge in [-0.1, -0.05) is 13.8 Å². The number of piperazine rings is 1. The molecule has 4 nitrogen and oxygen atoms in total. The van der Waals surface area contributed by atoms with E-state index in [-0.39, 0.29) is 11.8 Å². The van der Waals surface area contributed by atoms with E-state index in [0.717, 1.165) is 9.35 Å². The smallest absolute Gasteiger partial charge is 0.227 e. The standard InChI is InChI=1S/C15H21BrN2O2S/c1-11(2)7-14(19)17-3-5-18(6-4-17)15(20)9-13-8-12(16)10-21-13/h8,10-11H,3-7,9H2,1-2H3. The van der Waals surface area contributed by atoms with Gasteiger partial charge in [0.05, 0.1) is 6.42 Å². The van der Waals surface area contributed by atoms with Crippen LogP contribution in [0.3, 0.4) is 0 Å². The maximum atomic E-state index is 12.2. The SMILES string of the molecule is CC(C)CC(=O)N1CCN(C(=O)Cc2cc(Br)cs2)CC1. The normalized spacial score (nSPS) is 15.6. The molecule has 1 fully saturated rings. The average molecular weight is 373 g/mol. The van der Waals surface area contributed by atoms with Crippen molar-refractivity contribution in [3.05, 3.63) is 20.8 Å². The summed E-state index contributed by atoms with van der Waals surface area (Å²) in [5.41, 5.74) is 0. The maximum absolute atomic E-state index is 12.2. The van der Waals surface area contributed by atoms with Crippen molar-refractivity contribution in [1.29, 1.82) is 0 Å². The van der Waals surface area contributed by atoms with E-state index in [1.54, 1.807) is 11.3 Å². The quantitative estimate of drug-likeness (QED) is 0.815. The summed E-state index contributed by atoms with van der Waals surface area (Å²) in [7, 11) is 0. The van der Waals surface area contributed by atoms with Gasteiger partial charge in [0.1, 0.15) is 0 Å². The summed E-state index contributed by atoms with van der Waals surface area (Å²) in [4.78, 5) is 29.1. The fourth-order valence-electron chi connectivity index (χ4n) is 2.39. The molecule has 0 bridgehead atoms. The van der Waals surface area contributed by atoms with Crippen molar-refractivity contribution in [3.8, 4) is 0 Å². The zero-order chi connectivity index (χ0) is 15.4. The monoisotopic (exact) mass is 372 g/mol. The lowest BCUT2D eigenvalue weighted by molar-refractivity contribution is -0.139. The lowest BCUT2D eigenvalue weighted by Gasteiger charge is -2.35. The van der Waals surface area contributed by atoms with Crippen LogP contribution in [0.4, 0.5) is 0 Å². The van der Waals surface area contributed by atoms with Crippen LogP contribution >= 0.6 is 27.3 Å². The minimum absolute atomic E-state index is 0.153. The number of hydrogen-bond donors (Lipinski definition) is 0. The number of halogens is 1. The first-order chi connectivity index (χ1) is 9.95. The molecule has 0 atom stereocenters. The van der Waals surface area contributed by atoms with Gasteiger partial charge in [-0.05, 0) is 27.9 Å². The fraction of sp³-hybridized carbons (Fsp3) is 0.600. The number of carbonyl (C=O) groups is 2. The van der Waals surface area contributed by atoms with Crippen LogP contribution < -0.4 is 0 Å². The van der Waals surface area contributed by atoms with Gasteiger partial charge in [-0.2, -0.15) is 0 Å². The van der Waals surface area contributed by atoms with Crippen LogP contribution in [0, 0.1) is 5.92 Å². The van der Waals surface area contributed by atoms with Crippen molar-refractivity contribution in [3.63, 3.8) is 0 Å². The summed E-state index contributed by atoms with van der Waals surface area (Å²) in [6.07, 6.45) is 1.05. The van der Waals surface area contributed by atoms with Crippen molar-refractivity contribution in [2.75, 3.05) is 26.2 Å². The molecule has 116 valence electrons. The molecule has 0 N–H and O–H groups in total. The molecule has 2 rings (SSSR count). The Labute approximate surface area is 138 Å². The number of amides is 2. The summed E-state index contributed by atoms with van der Waals surface area (Å²) in [6.45, 7) is 6.72. The second kappa shape index (κ2) is 7.40. The highest BCUT2D eigenvalue weighted by atomic mass is 79.9. The molecular weight excluding hydrogens is 352 g/mol. The lowest BCUT2D eigenvalue weighted by atomic mass is 10.1. The minimum Gasteiger partial charge on any atom is -0.339 e. The minimum atomic E-state index is 0.153. The van der Waals surface area contributed by atoms with E-state index in [9.17, 15) is 9.59 Å². The highest BCUT2D eigenvalue weighted by molar-refractivity contribution is 9.10. The molecule has 1 aliphatic rings. The van der Waals surface area contributed by atoms with Crippen LogP contribution in [-0.2, 0) is 16.0 Å². The van der Waals surface area contributed by atoms with E-state index in [2.05, 4.69) is 29.8 Å². The van der Waals surface area contributed by atoms with E-state index in [1.807, 2.05) is 21.2 Å². The van der Waals surface area contributed by atoms with Crippen LogP contribution in [0.15, 0.2) is 15.9 Å². The van der Waals surface area contributed by atoms with Crippen molar-refractivity contribution >= 4 is 39.1 Å². The second-order valence-corrected chi connectivity index (χ2v) is 7.68. The predicted octanol–water partition coefficient (Wildman–Crippen LogP) is 2.77. The zero-order valence-electron chi connectivity index (χ0n) is 12.5. The van der Waals surface area contributed by atoms with Crippen molar-refractivity contribution in [1.82, 2.24) is 9.80 Å². The van der Waals surface area contributed by atoms with E-state index >= 15 is 0 Å². The van der Waals surface area contributed by atoms with Gasteiger partial charge in [-0.3, -0.25) is 9.59 Å². The summed E-state index contributed by atoms with van der Waals surface area (Å²) in [5, 5.41) is 1.99. The molecular formula is C15H21BrN2O2S. The maximum Gasteiger partial charge on any atom is 0.227 e. The molecule has 0 radical (unpaired) electrons. The van der Waals surface area contributed by atoms with Crippen LogP contribution in [0.5, 0.6) is 0 Å². The summed E-state index contributed by atoms with van der Waals surface area (Å²) < 4.78 is 1.03. The first-order valence-corrected chi connectivity index (χ1v) is 8.91. The molecule has 0 spiro atoms. The molecule has 1 aromatic heterocycles. The molecule has 1 aromatic rings. The third-order valence-electron chi connectivity index (χ3n) is 3.52. The average Bonchev–Trinajstić information content (AvgIpc) is 2.83. The molecule has 0 unspecified atom stereocenters. The first-order valence-electron chi connectivity index (χ1n) is 7.24. The van der Waals surface area contributed by atoms with E-state index < -0.39 is 0 Å². The Morgan fingerprint density at radius 2 is 1.76 bits per heavy atom. The van der Waals surface area contributed by atoms with Gasteiger partial charge < -0.3 is 9.80 Å². The number of rotatable bonds is 4. The predicted molar refractivity (Wildman–Crippen MR) is 88.3 cm³/mol. The van der Waals surface area contributed by atoms with Gasteiger partial charge in [-0.25, -0.2) is 0 Å². The van der Waals surface area contributed by atoms with E-state index in [1.165, 1.54) is 0 Å². The fourth-order valence-corrected chi connectivity index (χ4v) is 3.83. The van der Waals surface area contributed by atoms with Gasteiger partial charge >= 0.3 is 0 Å².